The molecule has 2 aliphatic heterocycles. The monoisotopic (exact) mass is 488 g/mol. The number of hydrogen-bond donors (Lipinski definition) is 1. The van der Waals surface area contributed by atoms with Gasteiger partial charge in [0, 0.05) is 59.0 Å². The highest BCUT2D eigenvalue weighted by atomic mass is 16.5. The maximum absolute atomic E-state index is 12.8. The molecule has 0 aromatic carbocycles. The summed E-state index contributed by atoms with van der Waals surface area (Å²) in [5.41, 5.74) is -0.608. The average Bonchev–Trinajstić information content (AvgIpc) is 3.51. The average molecular weight is 489 g/mol. The third-order valence-corrected chi connectivity index (χ3v) is 7.32. The number of likely N-dealkylation sites (tertiary alicyclic amines) is 1. The minimum Gasteiger partial charge on any atom is -0.343 e. The molecule has 0 unspecified atom stereocenters. The molecule has 3 aliphatic rings. The zero-order valence-corrected chi connectivity index (χ0v) is 20.6. The van der Waals surface area contributed by atoms with Crippen molar-refractivity contribution in [2.24, 2.45) is 0 Å². The summed E-state index contributed by atoms with van der Waals surface area (Å²) in [5.74, 6) is -0.190. The van der Waals surface area contributed by atoms with Crippen LogP contribution in [-0.2, 0) is 31.1 Å². The van der Waals surface area contributed by atoms with Crippen molar-refractivity contribution in [2.45, 2.75) is 76.7 Å². The van der Waals surface area contributed by atoms with Crippen LogP contribution < -0.4 is 5.32 Å². The van der Waals surface area contributed by atoms with E-state index >= 15 is 0 Å². The van der Waals surface area contributed by atoms with Gasteiger partial charge in [-0.1, -0.05) is 30.8 Å². The van der Waals surface area contributed by atoms with Crippen LogP contribution in [0, 0.1) is 0 Å². The molecule has 1 saturated carbocycles. The maximum atomic E-state index is 12.8. The lowest BCUT2D eigenvalue weighted by Crippen LogP contribution is -2.54. The zero-order chi connectivity index (χ0) is 24.8. The molecule has 3 fully saturated rings. The van der Waals surface area contributed by atoms with Gasteiger partial charge in [0.25, 0.3) is 0 Å². The molecule has 0 spiro atoms. The standard InChI is InChI=1S/C24H36N6O5/c1-18(31)26-24(10-4-2-3-5-11-24)23-25-19(35-27-23)8-9-20(32)28-14-16-30(17-15-28)22(34)21(33)29-12-6-7-13-29/h2-17H2,1H3,(H,26,31). The lowest BCUT2D eigenvalue weighted by molar-refractivity contribution is -0.153. The Morgan fingerprint density at radius 1 is 0.829 bits per heavy atom. The Hall–Kier alpha value is -2.98. The van der Waals surface area contributed by atoms with Gasteiger partial charge in [0.05, 0.1) is 0 Å². The molecule has 192 valence electrons. The molecule has 0 bridgehead atoms. The molecule has 0 atom stereocenters. The maximum Gasteiger partial charge on any atom is 0.312 e. The minimum atomic E-state index is -0.608. The number of rotatable bonds is 5. The first-order valence-corrected chi connectivity index (χ1v) is 12.9. The molecule has 11 nitrogen and oxygen atoms in total. The number of hydrogen-bond acceptors (Lipinski definition) is 7. The van der Waals surface area contributed by atoms with Crippen molar-refractivity contribution in [3.05, 3.63) is 11.7 Å². The molecule has 11 heteroatoms. The van der Waals surface area contributed by atoms with Crippen molar-refractivity contribution in [3.63, 3.8) is 0 Å². The molecule has 1 aromatic heterocycles. The van der Waals surface area contributed by atoms with Gasteiger partial charge in [0.2, 0.25) is 17.7 Å². The zero-order valence-electron chi connectivity index (χ0n) is 20.6. The van der Waals surface area contributed by atoms with E-state index < -0.39 is 17.4 Å². The fourth-order valence-electron chi connectivity index (χ4n) is 5.35. The van der Waals surface area contributed by atoms with Crippen LogP contribution in [0.3, 0.4) is 0 Å². The summed E-state index contributed by atoms with van der Waals surface area (Å²) in [4.78, 5) is 58.9. The van der Waals surface area contributed by atoms with Crippen LogP contribution in [0.4, 0.5) is 0 Å². The lowest BCUT2D eigenvalue weighted by Gasteiger charge is -2.35. The number of amides is 4. The highest BCUT2D eigenvalue weighted by Gasteiger charge is 2.38. The molecule has 3 heterocycles. The SMILES string of the molecule is CC(=O)NC1(c2noc(CCC(=O)N3CCN(C(=O)C(=O)N4CCCC4)CC3)n2)CCCCCC1. The topological polar surface area (TPSA) is 129 Å². The summed E-state index contributed by atoms with van der Waals surface area (Å²) in [6.45, 7) is 4.31. The van der Waals surface area contributed by atoms with Crippen molar-refractivity contribution in [2.75, 3.05) is 39.3 Å². The van der Waals surface area contributed by atoms with Crippen LogP contribution in [0.15, 0.2) is 4.52 Å². The van der Waals surface area contributed by atoms with E-state index in [0.717, 1.165) is 51.4 Å². The molecule has 2 saturated heterocycles. The molecule has 4 rings (SSSR count). The van der Waals surface area contributed by atoms with Gasteiger partial charge in [-0.2, -0.15) is 4.98 Å². The summed E-state index contributed by atoms with van der Waals surface area (Å²) >= 11 is 0. The Morgan fingerprint density at radius 3 is 2.00 bits per heavy atom. The molecule has 0 radical (unpaired) electrons. The second-order valence-electron chi connectivity index (χ2n) is 9.86. The van der Waals surface area contributed by atoms with Crippen LogP contribution in [-0.4, -0.2) is 87.7 Å². The van der Waals surface area contributed by atoms with E-state index in [9.17, 15) is 19.2 Å². The minimum absolute atomic E-state index is 0.0474. The number of aryl methyl sites for hydroxylation is 1. The largest absolute Gasteiger partial charge is 0.343 e. The fourth-order valence-corrected chi connectivity index (χ4v) is 5.35. The predicted molar refractivity (Wildman–Crippen MR) is 125 cm³/mol. The Labute approximate surface area is 205 Å². The Morgan fingerprint density at radius 2 is 1.40 bits per heavy atom. The van der Waals surface area contributed by atoms with Crippen LogP contribution >= 0.6 is 0 Å². The van der Waals surface area contributed by atoms with Gasteiger partial charge < -0.3 is 24.5 Å². The Bertz CT molecular complexity index is 925. The smallest absolute Gasteiger partial charge is 0.312 e. The molecule has 1 aliphatic carbocycles. The summed E-state index contributed by atoms with van der Waals surface area (Å²) in [6, 6.07) is 0. The van der Waals surface area contributed by atoms with E-state index in [-0.39, 0.29) is 18.2 Å². The second kappa shape index (κ2) is 11.2. The Kier molecular flexibility index (Phi) is 8.02. The van der Waals surface area contributed by atoms with Crippen molar-refractivity contribution in [1.82, 2.24) is 30.2 Å². The highest BCUT2D eigenvalue weighted by molar-refractivity contribution is 6.35. The van der Waals surface area contributed by atoms with E-state index in [1.807, 2.05) is 0 Å². The first-order valence-electron chi connectivity index (χ1n) is 12.9. The van der Waals surface area contributed by atoms with Crippen molar-refractivity contribution < 1.29 is 23.7 Å². The van der Waals surface area contributed by atoms with E-state index in [4.69, 9.17) is 4.52 Å². The molecule has 1 N–H and O–H groups in total. The number of piperazine rings is 1. The van der Waals surface area contributed by atoms with Crippen LogP contribution in [0.2, 0.25) is 0 Å². The number of carbonyl (C=O) groups excluding carboxylic acids is 4. The normalized spacial score (nSPS) is 20.4. The summed E-state index contributed by atoms with van der Waals surface area (Å²) in [6.07, 6.45) is 8.17. The molecule has 35 heavy (non-hydrogen) atoms. The quantitative estimate of drug-likeness (QED) is 0.483. The van der Waals surface area contributed by atoms with Crippen molar-refractivity contribution >= 4 is 23.6 Å². The number of carbonyl (C=O) groups is 4. The van der Waals surface area contributed by atoms with Gasteiger partial charge in [0.1, 0.15) is 5.54 Å². The summed E-state index contributed by atoms with van der Waals surface area (Å²) in [5, 5.41) is 7.23. The number of nitrogens with zero attached hydrogens (tertiary/aromatic N) is 5. The first-order chi connectivity index (χ1) is 16.9. The van der Waals surface area contributed by atoms with Gasteiger partial charge in [0.15, 0.2) is 5.82 Å². The fraction of sp³-hybridized carbons (Fsp3) is 0.750. The first kappa shape index (κ1) is 25.1. The molecular weight excluding hydrogens is 452 g/mol. The molecule has 4 amide bonds. The van der Waals surface area contributed by atoms with Gasteiger partial charge in [-0.15, -0.1) is 0 Å². The summed E-state index contributed by atoms with van der Waals surface area (Å²) < 4.78 is 5.45. The third kappa shape index (κ3) is 5.99. The van der Waals surface area contributed by atoms with E-state index in [1.165, 1.54) is 6.92 Å². The molecule has 1 aromatic rings. The third-order valence-electron chi connectivity index (χ3n) is 7.32. The van der Waals surface area contributed by atoms with E-state index in [2.05, 4.69) is 15.5 Å². The second-order valence-corrected chi connectivity index (χ2v) is 9.86. The molecular formula is C24H36N6O5. The van der Waals surface area contributed by atoms with Crippen molar-refractivity contribution in [1.29, 1.82) is 0 Å². The lowest BCUT2D eigenvalue weighted by atomic mass is 9.89. The number of aromatic nitrogens is 2. The van der Waals surface area contributed by atoms with Gasteiger partial charge in [-0.05, 0) is 25.7 Å². The van der Waals surface area contributed by atoms with E-state index in [1.54, 1.807) is 14.7 Å². The Balaban J connectivity index is 1.27. The van der Waals surface area contributed by atoms with E-state index in [0.29, 0.717) is 57.4 Å². The van der Waals surface area contributed by atoms with Crippen LogP contribution in [0.5, 0.6) is 0 Å². The van der Waals surface area contributed by atoms with Crippen LogP contribution in [0.25, 0.3) is 0 Å². The highest BCUT2D eigenvalue weighted by Crippen LogP contribution is 2.34. The summed E-state index contributed by atoms with van der Waals surface area (Å²) in [7, 11) is 0. The van der Waals surface area contributed by atoms with Crippen molar-refractivity contribution in [3.8, 4) is 0 Å². The predicted octanol–water partition coefficient (Wildman–Crippen LogP) is 0.981. The van der Waals surface area contributed by atoms with Gasteiger partial charge >= 0.3 is 11.8 Å². The van der Waals surface area contributed by atoms with Crippen LogP contribution in [0.1, 0.15) is 76.4 Å². The van der Waals surface area contributed by atoms with Gasteiger partial charge in [-0.25, -0.2) is 0 Å². The van der Waals surface area contributed by atoms with Gasteiger partial charge in [-0.3, -0.25) is 19.2 Å². The number of nitrogens with one attached hydrogen (secondary N) is 1.